The third kappa shape index (κ3) is 2.62. The number of hydrogen-bond acceptors (Lipinski definition) is 7. The maximum atomic E-state index is 10.6. The van der Waals surface area contributed by atoms with Crippen molar-refractivity contribution >= 4 is 28.6 Å². The molecule has 0 aromatic heterocycles. The Labute approximate surface area is 118 Å². The predicted molar refractivity (Wildman–Crippen MR) is 78.9 cm³/mol. The van der Waals surface area contributed by atoms with Crippen LogP contribution in [0.2, 0.25) is 0 Å². The molecule has 1 saturated heterocycles. The number of rotatable bonds is 0. The van der Waals surface area contributed by atoms with Gasteiger partial charge in [0.2, 0.25) is 11.7 Å². The van der Waals surface area contributed by atoms with Crippen LogP contribution in [0.1, 0.15) is 0 Å². The quantitative estimate of drug-likeness (QED) is 0.426. The molecule has 2 heterocycles. The van der Waals surface area contributed by atoms with Crippen LogP contribution in [0.25, 0.3) is 0 Å². The van der Waals surface area contributed by atoms with Gasteiger partial charge in [0.1, 0.15) is 5.03 Å². The Morgan fingerprint density at radius 2 is 2.00 bits per heavy atom. The number of amidine groups is 1. The van der Waals surface area contributed by atoms with Gasteiger partial charge in [0.05, 0.1) is 6.54 Å². The molecule has 0 unspecified atom stereocenters. The molecule has 3 aliphatic rings. The minimum Gasteiger partial charge on any atom is -0.612 e. The monoisotopic (exact) mass is 291 g/mol. The highest BCUT2D eigenvalue weighted by molar-refractivity contribution is 8.17. The lowest BCUT2D eigenvalue weighted by Gasteiger charge is -2.09. The Morgan fingerprint density at radius 1 is 1.20 bits per heavy atom. The van der Waals surface area contributed by atoms with E-state index in [-0.39, 0.29) is 5.71 Å². The van der Waals surface area contributed by atoms with Gasteiger partial charge < -0.3 is 15.7 Å². The van der Waals surface area contributed by atoms with E-state index in [1.165, 1.54) is 23.9 Å². The first kappa shape index (κ1) is 12.6. The number of allylic oxidation sites excluding steroid dienone is 5. The zero-order chi connectivity index (χ0) is 13.9. The summed E-state index contributed by atoms with van der Waals surface area (Å²) in [5, 5.41) is 25.8. The van der Waals surface area contributed by atoms with Gasteiger partial charge in [-0.3, -0.25) is 10.9 Å². The van der Waals surface area contributed by atoms with Crippen LogP contribution in [0.5, 0.6) is 0 Å². The van der Waals surface area contributed by atoms with Crippen LogP contribution in [-0.4, -0.2) is 34.8 Å². The zero-order valence-electron chi connectivity index (χ0n) is 10.3. The Balaban J connectivity index is 1.74. The summed E-state index contributed by atoms with van der Waals surface area (Å²) in [6.07, 6.45) is 6.34. The molecule has 0 spiro atoms. The molecule has 0 amide bonds. The number of hydrazine groups is 1. The van der Waals surface area contributed by atoms with E-state index < -0.39 is 4.90 Å². The topological polar surface area (TPSA) is 110 Å². The summed E-state index contributed by atoms with van der Waals surface area (Å²) in [4.78, 5) is 8.08. The summed E-state index contributed by atoms with van der Waals surface area (Å²) in [6, 6.07) is 0. The van der Waals surface area contributed by atoms with Crippen LogP contribution in [0.4, 0.5) is 0 Å². The lowest BCUT2D eigenvalue weighted by atomic mass is 10.1. The second kappa shape index (κ2) is 5.29. The van der Waals surface area contributed by atoms with Crippen molar-refractivity contribution in [1.82, 2.24) is 16.2 Å². The third-order valence-corrected chi connectivity index (χ3v) is 3.61. The average molecular weight is 291 g/mol. The molecule has 104 valence electrons. The lowest BCUT2D eigenvalue weighted by molar-refractivity contribution is -0.377. The highest BCUT2D eigenvalue weighted by atomic mass is 32.2. The normalized spacial score (nSPS) is 22.7. The smallest absolute Gasteiger partial charge is 0.222 e. The van der Waals surface area contributed by atoms with Gasteiger partial charge in [-0.1, -0.05) is 0 Å². The molecular formula is C11H11N6O2S-. The highest BCUT2D eigenvalue weighted by Gasteiger charge is 2.19. The molecule has 8 nitrogen and oxygen atoms in total. The van der Waals surface area contributed by atoms with Crippen molar-refractivity contribution < 1.29 is 4.90 Å². The Kier molecular flexibility index (Phi) is 3.33. The Morgan fingerprint density at radius 3 is 2.65 bits per heavy atom. The summed E-state index contributed by atoms with van der Waals surface area (Å²) in [5.74, 6) is 0.617. The van der Waals surface area contributed by atoms with E-state index in [0.29, 0.717) is 11.1 Å². The van der Waals surface area contributed by atoms with Gasteiger partial charge in [-0.2, -0.15) is 9.89 Å². The van der Waals surface area contributed by atoms with Gasteiger partial charge in [0.15, 0.2) is 5.17 Å². The van der Waals surface area contributed by atoms with Crippen molar-refractivity contribution in [1.29, 1.82) is 0 Å². The lowest BCUT2D eigenvalue weighted by Crippen LogP contribution is -2.27. The van der Waals surface area contributed by atoms with Crippen molar-refractivity contribution in [2.75, 3.05) is 13.1 Å². The van der Waals surface area contributed by atoms with Crippen LogP contribution in [-0.2, 0) is 0 Å². The van der Waals surface area contributed by atoms with Crippen molar-refractivity contribution in [3.63, 3.8) is 0 Å². The van der Waals surface area contributed by atoms with E-state index in [9.17, 15) is 10.4 Å². The highest BCUT2D eigenvalue weighted by Crippen LogP contribution is 2.25. The number of nitrogens with one attached hydrogen (secondary N) is 3. The molecule has 9 heteroatoms. The SMILES string of the molecule is [O-][N+]([O-])=C1C=CC(=C2NNC(=NC3=NCCN3)S2)C=C1. The van der Waals surface area contributed by atoms with Crippen LogP contribution in [0, 0.1) is 10.4 Å². The predicted octanol–water partition coefficient (Wildman–Crippen LogP) is -0.0707. The van der Waals surface area contributed by atoms with Crippen LogP contribution in [0.15, 0.2) is 44.9 Å². The molecule has 2 aliphatic heterocycles. The van der Waals surface area contributed by atoms with Crippen molar-refractivity contribution in [2.24, 2.45) is 9.98 Å². The van der Waals surface area contributed by atoms with Gasteiger partial charge in [0, 0.05) is 24.3 Å². The average Bonchev–Trinajstić information content (AvgIpc) is 3.11. The number of nitrogens with zero attached hydrogens (tertiary/aromatic N) is 3. The molecule has 0 aromatic rings. The molecule has 1 fully saturated rings. The Hall–Kier alpha value is -2.42. The fourth-order valence-electron chi connectivity index (χ4n) is 1.73. The maximum absolute atomic E-state index is 10.6. The zero-order valence-corrected chi connectivity index (χ0v) is 11.1. The molecule has 20 heavy (non-hydrogen) atoms. The minimum atomic E-state index is -0.418. The van der Waals surface area contributed by atoms with Gasteiger partial charge >= 0.3 is 0 Å². The maximum Gasteiger partial charge on any atom is 0.222 e. The van der Waals surface area contributed by atoms with Gasteiger partial charge in [-0.05, 0) is 23.9 Å². The fraction of sp³-hybridized carbons (Fsp3) is 0.182. The van der Waals surface area contributed by atoms with E-state index in [0.717, 1.165) is 23.7 Å². The van der Waals surface area contributed by atoms with Crippen molar-refractivity contribution in [3.05, 3.63) is 45.3 Å². The van der Waals surface area contributed by atoms with Gasteiger partial charge in [-0.25, -0.2) is 4.99 Å². The van der Waals surface area contributed by atoms with Gasteiger partial charge in [0.25, 0.3) is 0 Å². The number of aliphatic imine (C=N–C) groups is 2. The van der Waals surface area contributed by atoms with Crippen molar-refractivity contribution in [2.45, 2.75) is 0 Å². The number of guanidine groups is 1. The molecule has 3 N–H and O–H groups in total. The molecule has 3 rings (SSSR count). The second-order valence-electron chi connectivity index (χ2n) is 4.03. The fourth-order valence-corrected chi connectivity index (χ4v) is 2.51. The first-order chi connectivity index (χ1) is 9.72. The van der Waals surface area contributed by atoms with E-state index in [4.69, 9.17) is 0 Å². The van der Waals surface area contributed by atoms with Crippen LogP contribution < -0.4 is 16.2 Å². The molecular weight excluding hydrogens is 280 g/mol. The molecule has 1 aliphatic carbocycles. The third-order valence-electron chi connectivity index (χ3n) is 2.69. The molecule has 0 bridgehead atoms. The summed E-state index contributed by atoms with van der Waals surface area (Å²) in [7, 11) is 0. The first-order valence-electron chi connectivity index (χ1n) is 5.91. The summed E-state index contributed by atoms with van der Waals surface area (Å²) in [5.41, 5.74) is 6.87. The van der Waals surface area contributed by atoms with E-state index >= 15 is 0 Å². The largest absolute Gasteiger partial charge is 0.612 e. The summed E-state index contributed by atoms with van der Waals surface area (Å²) < 4.78 is 0. The first-order valence-corrected chi connectivity index (χ1v) is 6.73. The molecule has 0 saturated carbocycles. The summed E-state index contributed by atoms with van der Waals surface area (Å²) in [6.45, 7) is 1.55. The number of thioether (sulfide) groups is 1. The molecule has 0 aromatic carbocycles. The second-order valence-corrected chi connectivity index (χ2v) is 5.03. The van der Waals surface area contributed by atoms with Crippen LogP contribution in [0.3, 0.4) is 0 Å². The Bertz CT molecular complexity index is 594. The molecule has 0 atom stereocenters. The van der Waals surface area contributed by atoms with E-state index in [2.05, 4.69) is 26.2 Å². The van der Waals surface area contributed by atoms with Crippen LogP contribution >= 0.6 is 11.8 Å². The van der Waals surface area contributed by atoms with E-state index in [1.807, 2.05) is 0 Å². The standard InChI is InChI=1S/C11H11N6O2S/c18-17(19)8-3-1-7(2-4-8)9-15-16-11(20-9)14-10-12-5-6-13-10/h1-4,15H,5-6H2,(H2-,12,13,14,16,18,19)/q-1. The molecule has 0 radical (unpaired) electrons. The van der Waals surface area contributed by atoms with Crippen molar-refractivity contribution in [3.8, 4) is 0 Å². The summed E-state index contributed by atoms with van der Waals surface area (Å²) >= 11 is 1.42. The van der Waals surface area contributed by atoms with Gasteiger partial charge in [-0.15, -0.1) is 0 Å². The number of hydrogen-bond donors (Lipinski definition) is 3. The van der Waals surface area contributed by atoms with E-state index in [1.54, 1.807) is 12.2 Å². The minimum absolute atomic E-state index is 0.0729.